The van der Waals surface area contributed by atoms with Crippen molar-refractivity contribution in [1.29, 1.82) is 0 Å². The third-order valence-electron chi connectivity index (χ3n) is 2.84. The molecule has 106 valence electrons. The SMILES string of the molecule is CC(C)(C)c1nnc(N2CC(S(N)(=O)=O)CC2=O)o1. The van der Waals surface area contributed by atoms with Crippen LogP contribution < -0.4 is 10.0 Å². The lowest BCUT2D eigenvalue weighted by atomic mass is 9.97. The van der Waals surface area contributed by atoms with E-state index < -0.39 is 15.3 Å². The summed E-state index contributed by atoms with van der Waals surface area (Å²) < 4.78 is 27.9. The zero-order valence-corrected chi connectivity index (χ0v) is 11.8. The number of primary sulfonamides is 1. The highest BCUT2D eigenvalue weighted by atomic mass is 32.2. The van der Waals surface area contributed by atoms with Crippen molar-refractivity contribution in [1.82, 2.24) is 10.2 Å². The summed E-state index contributed by atoms with van der Waals surface area (Å²) in [6, 6.07) is 0.0149. The van der Waals surface area contributed by atoms with E-state index in [2.05, 4.69) is 10.2 Å². The molecule has 0 saturated carbocycles. The number of amides is 1. The summed E-state index contributed by atoms with van der Waals surface area (Å²) in [5.41, 5.74) is -0.340. The van der Waals surface area contributed by atoms with E-state index in [1.165, 1.54) is 0 Å². The quantitative estimate of drug-likeness (QED) is 0.802. The standard InChI is InChI=1S/C10H16N4O4S/c1-10(2,3)8-12-13-9(18-8)14-5-6(4-7(14)15)19(11,16)17/h6H,4-5H2,1-3H3,(H2,11,16,17). The van der Waals surface area contributed by atoms with E-state index in [0.717, 1.165) is 4.90 Å². The fourth-order valence-electron chi connectivity index (χ4n) is 1.71. The second-order valence-corrected chi connectivity index (χ2v) is 7.40. The Kier molecular flexibility index (Phi) is 3.13. The predicted molar refractivity (Wildman–Crippen MR) is 66.9 cm³/mol. The van der Waals surface area contributed by atoms with Crippen molar-refractivity contribution in [3.63, 3.8) is 0 Å². The van der Waals surface area contributed by atoms with Gasteiger partial charge < -0.3 is 4.42 Å². The van der Waals surface area contributed by atoms with Gasteiger partial charge in [-0.1, -0.05) is 25.9 Å². The molecular formula is C10H16N4O4S. The maximum atomic E-state index is 11.8. The van der Waals surface area contributed by atoms with Gasteiger partial charge in [-0.3, -0.25) is 9.69 Å². The fourth-order valence-corrected chi connectivity index (χ4v) is 2.44. The predicted octanol–water partition coefficient (Wildman–Crippen LogP) is -0.239. The lowest BCUT2D eigenvalue weighted by Crippen LogP contribution is -2.32. The number of nitrogens with two attached hydrogens (primary N) is 1. The van der Waals surface area contributed by atoms with Gasteiger partial charge in [0.2, 0.25) is 21.8 Å². The first-order valence-electron chi connectivity index (χ1n) is 5.75. The molecule has 1 aliphatic rings. The van der Waals surface area contributed by atoms with Crippen LogP contribution in [0, 0.1) is 0 Å². The van der Waals surface area contributed by atoms with Crippen LogP contribution in [0.3, 0.4) is 0 Å². The number of carbonyl (C=O) groups excluding carboxylic acids is 1. The lowest BCUT2D eigenvalue weighted by molar-refractivity contribution is -0.117. The molecule has 0 bridgehead atoms. The zero-order chi connectivity index (χ0) is 14.4. The number of sulfonamides is 1. The van der Waals surface area contributed by atoms with E-state index in [-0.39, 0.29) is 30.3 Å². The number of aromatic nitrogens is 2. The van der Waals surface area contributed by atoms with Crippen molar-refractivity contribution in [3.8, 4) is 0 Å². The monoisotopic (exact) mass is 288 g/mol. The summed E-state index contributed by atoms with van der Waals surface area (Å²) in [5.74, 6) is -0.00232. The Hall–Kier alpha value is -1.48. The Labute approximate surface area is 111 Å². The molecule has 19 heavy (non-hydrogen) atoms. The van der Waals surface area contributed by atoms with Gasteiger partial charge in [-0.2, -0.15) is 0 Å². The van der Waals surface area contributed by atoms with E-state index >= 15 is 0 Å². The van der Waals surface area contributed by atoms with Crippen molar-refractivity contribution >= 4 is 21.9 Å². The largest absolute Gasteiger partial charge is 0.407 e. The van der Waals surface area contributed by atoms with E-state index in [1.807, 2.05) is 20.8 Å². The van der Waals surface area contributed by atoms with E-state index in [1.54, 1.807) is 0 Å². The number of rotatable bonds is 2. The van der Waals surface area contributed by atoms with Crippen molar-refractivity contribution in [2.75, 3.05) is 11.4 Å². The van der Waals surface area contributed by atoms with Gasteiger partial charge in [0.05, 0.1) is 0 Å². The van der Waals surface area contributed by atoms with Crippen LogP contribution in [0.5, 0.6) is 0 Å². The molecule has 1 unspecified atom stereocenters. The lowest BCUT2D eigenvalue weighted by Gasteiger charge is -2.13. The smallest absolute Gasteiger partial charge is 0.325 e. The molecule has 9 heteroatoms. The Morgan fingerprint density at radius 3 is 2.42 bits per heavy atom. The molecule has 1 saturated heterocycles. The highest BCUT2D eigenvalue weighted by molar-refractivity contribution is 7.89. The van der Waals surface area contributed by atoms with Crippen LogP contribution >= 0.6 is 0 Å². The topological polar surface area (TPSA) is 119 Å². The summed E-state index contributed by atoms with van der Waals surface area (Å²) in [6.07, 6.45) is -0.161. The maximum Gasteiger partial charge on any atom is 0.325 e. The molecule has 1 amide bonds. The summed E-state index contributed by atoms with van der Waals surface area (Å²) in [4.78, 5) is 12.9. The van der Waals surface area contributed by atoms with Crippen molar-refractivity contribution in [2.45, 2.75) is 37.9 Å². The first-order valence-corrected chi connectivity index (χ1v) is 7.36. The molecule has 1 fully saturated rings. The second kappa shape index (κ2) is 4.27. The Balaban J connectivity index is 2.24. The van der Waals surface area contributed by atoms with E-state index in [4.69, 9.17) is 9.56 Å². The third kappa shape index (κ3) is 2.76. The fraction of sp³-hybridized carbons (Fsp3) is 0.700. The first kappa shape index (κ1) is 13.9. The van der Waals surface area contributed by atoms with E-state index in [9.17, 15) is 13.2 Å². The summed E-state index contributed by atoms with van der Waals surface area (Å²) >= 11 is 0. The highest BCUT2D eigenvalue weighted by Crippen LogP contribution is 2.27. The van der Waals surface area contributed by atoms with Crippen LogP contribution in [0.4, 0.5) is 6.01 Å². The molecule has 1 aromatic rings. The van der Waals surface area contributed by atoms with Crippen molar-refractivity contribution in [3.05, 3.63) is 5.89 Å². The molecule has 0 spiro atoms. The van der Waals surface area contributed by atoms with Gasteiger partial charge in [0.1, 0.15) is 5.25 Å². The van der Waals surface area contributed by atoms with Crippen LogP contribution in [0.15, 0.2) is 4.42 Å². The van der Waals surface area contributed by atoms with E-state index in [0.29, 0.717) is 5.89 Å². The van der Waals surface area contributed by atoms with Gasteiger partial charge in [-0.05, 0) is 0 Å². The maximum absolute atomic E-state index is 11.8. The molecule has 1 aromatic heterocycles. The average molecular weight is 288 g/mol. The first-order chi connectivity index (χ1) is 8.59. The highest BCUT2D eigenvalue weighted by Gasteiger charge is 2.39. The van der Waals surface area contributed by atoms with Crippen molar-refractivity contribution < 1.29 is 17.6 Å². The average Bonchev–Trinajstić information content (AvgIpc) is 2.80. The Bertz CT molecular complexity index is 601. The van der Waals surface area contributed by atoms with Gasteiger partial charge in [0.15, 0.2) is 0 Å². The summed E-state index contributed by atoms with van der Waals surface area (Å²) in [6.45, 7) is 5.62. The van der Waals surface area contributed by atoms with Gasteiger partial charge in [-0.15, -0.1) is 5.10 Å². The van der Waals surface area contributed by atoms with Crippen LogP contribution in [-0.2, 0) is 20.2 Å². The van der Waals surface area contributed by atoms with Crippen LogP contribution in [-0.4, -0.2) is 36.3 Å². The molecule has 0 aromatic carbocycles. The van der Waals surface area contributed by atoms with Gasteiger partial charge in [0, 0.05) is 18.4 Å². The van der Waals surface area contributed by atoms with Crippen molar-refractivity contribution in [2.24, 2.45) is 5.14 Å². The molecule has 8 nitrogen and oxygen atoms in total. The van der Waals surface area contributed by atoms with Gasteiger partial charge in [-0.25, -0.2) is 13.6 Å². The third-order valence-corrected chi connectivity index (χ3v) is 4.09. The van der Waals surface area contributed by atoms with Crippen LogP contribution in [0.25, 0.3) is 0 Å². The zero-order valence-electron chi connectivity index (χ0n) is 11.0. The minimum Gasteiger partial charge on any atom is -0.407 e. The number of anilines is 1. The van der Waals surface area contributed by atoms with Gasteiger partial charge in [0.25, 0.3) is 0 Å². The van der Waals surface area contributed by atoms with Crippen LogP contribution in [0.2, 0.25) is 0 Å². The second-order valence-electron chi connectivity index (χ2n) is 5.56. The number of hydrogen-bond donors (Lipinski definition) is 1. The molecule has 0 aliphatic carbocycles. The Morgan fingerprint density at radius 1 is 1.37 bits per heavy atom. The molecular weight excluding hydrogens is 272 g/mol. The van der Waals surface area contributed by atoms with Gasteiger partial charge >= 0.3 is 6.01 Å². The molecule has 2 N–H and O–H groups in total. The molecule has 1 atom stereocenters. The molecule has 2 heterocycles. The molecule has 0 radical (unpaired) electrons. The molecule has 1 aliphatic heterocycles. The number of nitrogens with zero attached hydrogens (tertiary/aromatic N) is 3. The normalized spacial score (nSPS) is 21.2. The number of carbonyl (C=O) groups is 1. The minimum absolute atomic E-state index is 0.0149. The number of hydrogen-bond acceptors (Lipinski definition) is 6. The minimum atomic E-state index is -3.75. The molecule has 2 rings (SSSR count). The Morgan fingerprint density at radius 2 is 2.00 bits per heavy atom. The summed E-state index contributed by atoms with van der Waals surface area (Å²) in [5, 5.41) is 11.8. The van der Waals surface area contributed by atoms with Crippen LogP contribution in [0.1, 0.15) is 33.1 Å². The summed E-state index contributed by atoms with van der Waals surface area (Å²) in [7, 11) is -3.75.